The molecule has 0 radical (unpaired) electrons. The maximum atomic E-state index is 12.1. The molecule has 1 aromatic carbocycles. The molecule has 5 heteroatoms. The highest BCUT2D eigenvalue weighted by Gasteiger charge is 2.24. The summed E-state index contributed by atoms with van der Waals surface area (Å²) in [5, 5.41) is 3.43. The highest BCUT2D eigenvalue weighted by atomic mass is 32.2. The number of thioether (sulfide) groups is 1. The van der Waals surface area contributed by atoms with Crippen molar-refractivity contribution in [1.82, 2.24) is 9.88 Å². The van der Waals surface area contributed by atoms with Crippen LogP contribution in [0.1, 0.15) is 17.0 Å². The van der Waals surface area contributed by atoms with Gasteiger partial charge in [0.15, 0.2) is 5.17 Å². The largest absolute Gasteiger partial charge is 0.348 e. The number of rotatable bonds is 2. The van der Waals surface area contributed by atoms with Crippen molar-refractivity contribution < 1.29 is 4.79 Å². The molecule has 0 spiro atoms. The topological polar surface area (TPSA) is 46.4 Å². The molecule has 0 aliphatic carbocycles. The van der Waals surface area contributed by atoms with Gasteiger partial charge in [0.05, 0.1) is 10.6 Å². The van der Waals surface area contributed by atoms with Crippen LogP contribution in [0.25, 0.3) is 6.08 Å². The summed E-state index contributed by atoms with van der Waals surface area (Å²) >= 11 is 1.37. The number of amides is 1. The maximum Gasteiger partial charge on any atom is 0.264 e. The zero-order chi connectivity index (χ0) is 15.7. The normalized spacial score (nSPS) is 18.2. The molecule has 0 bridgehead atoms. The van der Waals surface area contributed by atoms with E-state index in [9.17, 15) is 4.79 Å². The van der Waals surface area contributed by atoms with Crippen LogP contribution < -0.4 is 5.32 Å². The summed E-state index contributed by atoms with van der Waals surface area (Å²) in [7, 11) is 1.99. The predicted octanol–water partition coefficient (Wildman–Crippen LogP) is 3.53. The number of aryl methyl sites for hydroxylation is 2. The lowest BCUT2D eigenvalue weighted by molar-refractivity contribution is -0.115. The molecular weight excluding hydrogens is 294 g/mol. The average Bonchev–Trinajstić information content (AvgIpc) is 2.96. The summed E-state index contributed by atoms with van der Waals surface area (Å²) in [5.74, 6) is -0.102. The van der Waals surface area contributed by atoms with E-state index in [1.54, 1.807) is 0 Å². The van der Waals surface area contributed by atoms with Gasteiger partial charge in [-0.1, -0.05) is 12.1 Å². The molecule has 112 valence electrons. The Morgan fingerprint density at radius 1 is 1.23 bits per heavy atom. The number of hydrogen-bond donors (Lipinski definition) is 1. The molecule has 0 unspecified atom stereocenters. The third kappa shape index (κ3) is 2.99. The van der Waals surface area contributed by atoms with Gasteiger partial charge in [-0.05, 0) is 61.5 Å². The maximum absolute atomic E-state index is 12.1. The van der Waals surface area contributed by atoms with Gasteiger partial charge in [0.2, 0.25) is 0 Å². The number of carbonyl (C=O) groups excluding carboxylic acids is 1. The summed E-state index contributed by atoms with van der Waals surface area (Å²) in [6.07, 6.45) is 1.89. The molecule has 1 aliphatic rings. The van der Waals surface area contributed by atoms with Gasteiger partial charge in [-0.3, -0.25) is 4.79 Å². The van der Waals surface area contributed by atoms with Crippen molar-refractivity contribution in [2.24, 2.45) is 12.0 Å². The first-order chi connectivity index (χ1) is 10.5. The summed E-state index contributed by atoms with van der Waals surface area (Å²) in [5.41, 5.74) is 4.15. The third-order valence-electron chi connectivity index (χ3n) is 3.57. The number of carbonyl (C=O) groups is 1. The molecule has 4 nitrogen and oxygen atoms in total. The van der Waals surface area contributed by atoms with Gasteiger partial charge in [0, 0.05) is 18.4 Å². The summed E-state index contributed by atoms with van der Waals surface area (Å²) in [6, 6.07) is 11.9. The van der Waals surface area contributed by atoms with Gasteiger partial charge in [0.1, 0.15) is 0 Å². The van der Waals surface area contributed by atoms with Gasteiger partial charge in [0.25, 0.3) is 5.91 Å². The van der Waals surface area contributed by atoms with E-state index in [1.165, 1.54) is 11.8 Å². The molecule has 1 aromatic heterocycles. The highest BCUT2D eigenvalue weighted by molar-refractivity contribution is 8.18. The number of aliphatic imine (C=N–C) groups is 1. The molecule has 2 aromatic rings. The van der Waals surface area contributed by atoms with Crippen LogP contribution in [-0.2, 0) is 11.8 Å². The molecular formula is C17H17N3OS. The molecule has 0 saturated carbocycles. The summed E-state index contributed by atoms with van der Waals surface area (Å²) < 4.78 is 2.05. The Labute approximate surface area is 133 Å². The fraction of sp³-hybridized carbons (Fsp3) is 0.176. The lowest BCUT2D eigenvalue weighted by atomic mass is 10.2. The smallest absolute Gasteiger partial charge is 0.264 e. The molecule has 1 fully saturated rings. The van der Waals surface area contributed by atoms with E-state index in [1.807, 2.05) is 63.4 Å². The zero-order valence-corrected chi connectivity index (χ0v) is 13.6. The van der Waals surface area contributed by atoms with Gasteiger partial charge in [-0.15, -0.1) is 0 Å². The molecule has 0 atom stereocenters. The predicted molar refractivity (Wildman–Crippen MR) is 92.1 cm³/mol. The second-order valence-corrected chi connectivity index (χ2v) is 6.31. The second-order valence-electron chi connectivity index (χ2n) is 5.28. The molecule has 1 aliphatic heterocycles. The van der Waals surface area contributed by atoms with Crippen LogP contribution in [0.4, 0.5) is 5.69 Å². The summed E-state index contributed by atoms with van der Waals surface area (Å²) in [6.45, 7) is 4.06. The van der Waals surface area contributed by atoms with E-state index in [0.29, 0.717) is 10.1 Å². The van der Waals surface area contributed by atoms with Crippen LogP contribution in [0.2, 0.25) is 0 Å². The molecule has 1 saturated heterocycles. The van der Waals surface area contributed by atoms with E-state index in [4.69, 9.17) is 0 Å². The van der Waals surface area contributed by atoms with Crippen LogP contribution in [0, 0.1) is 13.8 Å². The Bertz CT molecular complexity index is 802. The third-order valence-corrected chi connectivity index (χ3v) is 4.48. The van der Waals surface area contributed by atoms with Crippen LogP contribution in [0.5, 0.6) is 0 Å². The minimum Gasteiger partial charge on any atom is -0.348 e. The van der Waals surface area contributed by atoms with Crippen LogP contribution >= 0.6 is 11.8 Å². The van der Waals surface area contributed by atoms with E-state index in [-0.39, 0.29) is 5.91 Å². The Morgan fingerprint density at radius 2 is 2.05 bits per heavy atom. The lowest BCUT2D eigenvalue weighted by Gasteiger charge is -2.00. The Hall–Kier alpha value is -2.27. The van der Waals surface area contributed by atoms with Gasteiger partial charge < -0.3 is 9.88 Å². The zero-order valence-electron chi connectivity index (χ0n) is 12.8. The molecule has 22 heavy (non-hydrogen) atoms. The molecule has 3 rings (SSSR count). The van der Waals surface area contributed by atoms with Gasteiger partial charge >= 0.3 is 0 Å². The lowest BCUT2D eigenvalue weighted by Crippen LogP contribution is -2.19. The first-order valence-electron chi connectivity index (χ1n) is 7.01. The average molecular weight is 311 g/mol. The number of nitrogens with one attached hydrogen (secondary N) is 1. The SMILES string of the molecule is Cc1cccc(N=C2NC(=O)/C(=C/c3ccc(C)n3C)S2)c1. The Kier molecular flexibility index (Phi) is 3.90. The van der Waals surface area contributed by atoms with Crippen molar-refractivity contribution in [3.63, 3.8) is 0 Å². The first-order valence-corrected chi connectivity index (χ1v) is 7.83. The van der Waals surface area contributed by atoms with Crippen molar-refractivity contribution >= 4 is 34.6 Å². The Morgan fingerprint density at radius 3 is 2.73 bits per heavy atom. The fourth-order valence-electron chi connectivity index (χ4n) is 2.21. The number of aromatic nitrogens is 1. The van der Waals surface area contributed by atoms with E-state index in [0.717, 1.165) is 22.6 Å². The van der Waals surface area contributed by atoms with E-state index >= 15 is 0 Å². The van der Waals surface area contributed by atoms with Crippen molar-refractivity contribution in [3.8, 4) is 0 Å². The van der Waals surface area contributed by atoms with Crippen molar-refractivity contribution in [3.05, 3.63) is 58.3 Å². The monoisotopic (exact) mass is 311 g/mol. The first kappa shape index (κ1) is 14.7. The second kappa shape index (κ2) is 5.85. The Balaban J connectivity index is 1.86. The standard InChI is InChI=1S/C17H17N3OS/c1-11-5-4-6-13(9-11)18-17-19-16(21)15(22-17)10-14-8-7-12(2)20(14)3/h4-10H,1-3H3,(H,18,19,21)/b15-10-. The van der Waals surface area contributed by atoms with Gasteiger partial charge in [-0.25, -0.2) is 4.99 Å². The van der Waals surface area contributed by atoms with Crippen LogP contribution in [-0.4, -0.2) is 15.6 Å². The summed E-state index contributed by atoms with van der Waals surface area (Å²) in [4.78, 5) is 17.2. The molecule has 2 heterocycles. The number of nitrogens with zero attached hydrogens (tertiary/aromatic N) is 2. The number of hydrogen-bond acceptors (Lipinski definition) is 3. The molecule has 1 N–H and O–H groups in total. The molecule has 1 amide bonds. The van der Waals surface area contributed by atoms with Crippen LogP contribution in [0.3, 0.4) is 0 Å². The van der Waals surface area contributed by atoms with Crippen LogP contribution in [0.15, 0.2) is 46.3 Å². The minimum absolute atomic E-state index is 0.102. The van der Waals surface area contributed by atoms with Crippen molar-refractivity contribution in [2.45, 2.75) is 13.8 Å². The van der Waals surface area contributed by atoms with Crippen molar-refractivity contribution in [1.29, 1.82) is 0 Å². The van der Waals surface area contributed by atoms with E-state index < -0.39 is 0 Å². The van der Waals surface area contributed by atoms with Gasteiger partial charge in [-0.2, -0.15) is 0 Å². The number of amidine groups is 1. The minimum atomic E-state index is -0.102. The fourth-order valence-corrected chi connectivity index (χ4v) is 3.03. The van der Waals surface area contributed by atoms with E-state index in [2.05, 4.69) is 14.9 Å². The van der Waals surface area contributed by atoms with Crippen molar-refractivity contribution in [2.75, 3.05) is 0 Å². The highest BCUT2D eigenvalue weighted by Crippen LogP contribution is 2.28. The number of benzene rings is 1. The quantitative estimate of drug-likeness (QED) is 0.862.